The average molecular weight is 533 g/mol. The van der Waals surface area contributed by atoms with Crippen LogP contribution in [0.15, 0.2) is 6.20 Å². The van der Waals surface area contributed by atoms with Crippen molar-refractivity contribution in [2.75, 3.05) is 44.9 Å². The highest BCUT2D eigenvalue weighted by Crippen LogP contribution is 2.36. The molecule has 2 aromatic rings. The van der Waals surface area contributed by atoms with Crippen molar-refractivity contribution in [2.45, 2.75) is 38.2 Å². The van der Waals surface area contributed by atoms with Crippen molar-refractivity contribution in [3.8, 4) is 0 Å². The molecule has 186 valence electrons. The molecule has 10 nitrogen and oxygen atoms in total. The number of carbonyl (C=O) groups excluding carboxylic acids is 2. The predicted molar refractivity (Wildman–Crippen MR) is 127 cm³/mol. The van der Waals surface area contributed by atoms with E-state index in [1.807, 2.05) is 11.8 Å². The number of hydrogen-bond acceptors (Lipinski definition) is 9. The molecule has 1 spiro atoms. The van der Waals surface area contributed by atoms with Gasteiger partial charge < -0.3 is 34.1 Å². The first-order valence-electron chi connectivity index (χ1n) is 10.8. The molecule has 4 rings (SSSR count). The molecule has 0 aliphatic carbocycles. The summed E-state index contributed by atoms with van der Waals surface area (Å²) < 4.78 is 22.9. The van der Waals surface area contributed by atoms with Crippen molar-refractivity contribution >= 4 is 51.5 Å². The maximum atomic E-state index is 13.1. The molecular formula is C21H26Cl2N4O6S. The topological polar surface area (TPSA) is 115 Å². The highest BCUT2D eigenvalue weighted by atomic mass is 35.5. The summed E-state index contributed by atoms with van der Waals surface area (Å²) in [6, 6.07) is -0.475. The second-order valence-corrected chi connectivity index (χ2v) is 9.76. The number of aromatic amines is 1. The fraction of sp³-hybridized carbons (Fsp3) is 0.571. The van der Waals surface area contributed by atoms with Gasteiger partial charge in [-0.05, 0) is 20.3 Å². The van der Waals surface area contributed by atoms with Gasteiger partial charge in [-0.1, -0.05) is 34.5 Å². The predicted octanol–water partition coefficient (Wildman–Crippen LogP) is 3.03. The van der Waals surface area contributed by atoms with Gasteiger partial charge in [0.15, 0.2) is 5.13 Å². The molecule has 2 N–H and O–H groups in total. The van der Waals surface area contributed by atoms with Crippen molar-refractivity contribution in [3.05, 3.63) is 32.5 Å². The Morgan fingerprint density at radius 1 is 1.35 bits per heavy atom. The Hall–Kier alpha value is -1.89. The molecule has 0 saturated carbocycles. The van der Waals surface area contributed by atoms with Gasteiger partial charge in [0.05, 0.1) is 49.2 Å². The van der Waals surface area contributed by atoms with Crippen LogP contribution in [0, 0.1) is 6.92 Å². The quantitative estimate of drug-likeness (QED) is 0.545. The molecule has 1 atom stereocenters. The zero-order chi connectivity index (χ0) is 24.5. The van der Waals surface area contributed by atoms with Crippen LogP contribution in [-0.2, 0) is 18.9 Å². The summed E-state index contributed by atoms with van der Waals surface area (Å²) in [6.45, 7) is 5.66. The number of rotatable bonds is 6. The summed E-state index contributed by atoms with van der Waals surface area (Å²) in [4.78, 5) is 34.6. The third-order valence-corrected chi connectivity index (χ3v) is 7.78. The van der Waals surface area contributed by atoms with E-state index >= 15 is 0 Å². The number of ether oxygens (including phenoxy) is 4. The number of aryl methyl sites for hydroxylation is 1. The van der Waals surface area contributed by atoms with Crippen LogP contribution >= 0.6 is 34.5 Å². The normalized spacial score (nSPS) is 24.9. The number of methoxy groups -OCH3 is 1. The SMILES string of the molecule is CCO[C@H]1CO[C@]2(CN(c3ncc(C(=O)OC)s3)CC[C@H]2NC(=O)c2[nH]c(C)c(Cl)c2Cl)OC1. The number of esters is 1. The molecule has 0 aromatic carbocycles. The second-order valence-electron chi connectivity index (χ2n) is 8.00. The van der Waals surface area contributed by atoms with Crippen LogP contribution in [0.3, 0.4) is 0 Å². The number of nitrogens with zero attached hydrogens (tertiary/aromatic N) is 2. The average Bonchev–Trinajstić information content (AvgIpc) is 3.43. The van der Waals surface area contributed by atoms with Crippen molar-refractivity contribution in [3.63, 3.8) is 0 Å². The van der Waals surface area contributed by atoms with Gasteiger partial charge in [0.25, 0.3) is 5.91 Å². The van der Waals surface area contributed by atoms with Gasteiger partial charge >= 0.3 is 5.97 Å². The highest BCUT2D eigenvalue weighted by Gasteiger charge is 2.50. The van der Waals surface area contributed by atoms with Crippen LogP contribution in [-0.4, -0.2) is 79.8 Å². The van der Waals surface area contributed by atoms with Gasteiger partial charge in [-0.3, -0.25) is 4.79 Å². The number of nitrogens with one attached hydrogen (secondary N) is 2. The Kier molecular flexibility index (Phi) is 7.70. The largest absolute Gasteiger partial charge is 0.465 e. The van der Waals surface area contributed by atoms with Gasteiger partial charge in [0, 0.05) is 18.8 Å². The number of aromatic nitrogens is 2. The van der Waals surface area contributed by atoms with Crippen LogP contribution < -0.4 is 10.2 Å². The first kappa shape index (κ1) is 25.2. The van der Waals surface area contributed by atoms with Gasteiger partial charge in [-0.2, -0.15) is 0 Å². The maximum absolute atomic E-state index is 13.1. The third kappa shape index (κ3) is 4.91. The summed E-state index contributed by atoms with van der Waals surface area (Å²) in [5.74, 6) is -1.99. The van der Waals surface area contributed by atoms with E-state index in [2.05, 4.69) is 15.3 Å². The van der Waals surface area contributed by atoms with Gasteiger partial charge in [-0.15, -0.1) is 0 Å². The first-order chi connectivity index (χ1) is 16.3. The van der Waals surface area contributed by atoms with E-state index in [0.29, 0.717) is 60.1 Å². The molecule has 2 aliphatic heterocycles. The van der Waals surface area contributed by atoms with Gasteiger partial charge in [-0.25, -0.2) is 9.78 Å². The molecule has 4 heterocycles. The number of piperidine rings is 1. The molecule has 2 aliphatic rings. The minimum absolute atomic E-state index is 0.170. The Morgan fingerprint density at radius 3 is 2.71 bits per heavy atom. The molecular weight excluding hydrogens is 507 g/mol. The molecule has 0 bridgehead atoms. The molecule has 2 fully saturated rings. The molecule has 34 heavy (non-hydrogen) atoms. The standard InChI is InChI=1S/C21H26Cl2N4O6S/c1-4-31-12-8-32-21(33-9-12)10-27(20-24-7-13(34-20)19(29)30-3)6-5-14(21)26-18(28)17-16(23)15(22)11(2)25-17/h7,12,14,25H,4-6,8-10H2,1-3H3,(H,26,28)/t12-,14-,21+/m1/s1. The van der Waals surface area contributed by atoms with E-state index in [9.17, 15) is 9.59 Å². The minimum atomic E-state index is -1.14. The zero-order valence-electron chi connectivity index (χ0n) is 19.0. The Morgan fingerprint density at radius 2 is 2.09 bits per heavy atom. The Labute approximate surface area is 210 Å². The number of hydrogen-bond donors (Lipinski definition) is 2. The first-order valence-corrected chi connectivity index (χ1v) is 12.4. The minimum Gasteiger partial charge on any atom is -0.465 e. The fourth-order valence-corrected chi connectivity index (χ4v) is 5.33. The summed E-state index contributed by atoms with van der Waals surface area (Å²) in [6.07, 6.45) is 1.79. The van der Waals surface area contributed by atoms with Gasteiger partial charge in [0.2, 0.25) is 5.79 Å². The fourth-order valence-electron chi connectivity index (χ4n) is 4.05. The molecule has 0 unspecified atom stereocenters. The van der Waals surface area contributed by atoms with Crippen molar-refractivity contribution < 1.29 is 28.5 Å². The lowest BCUT2D eigenvalue weighted by Gasteiger charge is -2.50. The van der Waals surface area contributed by atoms with Crippen molar-refractivity contribution in [2.24, 2.45) is 0 Å². The molecule has 2 aromatic heterocycles. The lowest BCUT2D eigenvalue weighted by molar-refractivity contribution is -0.307. The molecule has 2 saturated heterocycles. The summed E-state index contributed by atoms with van der Waals surface area (Å²) in [5.41, 5.74) is 0.795. The monoisotopic (exact) mass is 532 g/mol. The lowest BCUT2D eigenvalue weighted by Crippen LogP contribution is -2.68. The van der Waals surface area contributed by atoms with Crippen LogP contribution in [0.4, 0.5) is 5.13 Å². The number of halogens is 2. The van der Waals surface area contributed by atoms with Crippen LogP contribution in [0.25, 0.3) is 0 Å². The summed E-state index contributed by atoms with van der Waals surface area (Å²) >= 11 is 13.6. The third-order valence-electron chi connectivity index (χ3n) is 5.80. The van der Waals surface area contributed by atoms with E-state index in [1.54, 1.807) is 6.92 Å². The number of H-pyrrole nitrogens is 1. The van der Waals surface area contributed by atoms with E-state index in [1.165, 1.54) is 24.6 Å². The van der Waals surface area contributed by atoms with Gasteiger partial charge in [0.1, 0.15) is 16.7 Å². The maximum Gasteiger partial charge on any atom is 0.349 e. The van der Waals surface area contributed by atoms with Crippen LogP contribution in [0.1, 0.15) is 39.2 Å². The summed E-state index contributed by atoms with van der Waals surface area (Å²) in [5, 5.41) is 4.13. The second kappa shape index (κ2) is 10.4. The van der Waals surface area contributed by atoms with E-state index in [4.69, 9.17) is 42.1 Å². The van der Waals surface area contributed by atoms with Crippen LogP contribution in [0.5, 0.6) is 0 Å². The molecule has 1 amide bonds. The van der Waals surface area contributed by atoms with Crippen LogP contribution in [0.2, 0.25) is 10.0 Å². The van der Waals surface area contributed by atoms with E-state index < -0.39 is 23.7 Å². The van der Waals surface area contributed by atoms with Crippen molar-refractivity contribution in [1.82, 2.24) is 15.3 Å². The lowest BCUT2D eigenvalue weighted by atomic mass is 9.96. The van der Waals surface area contributed by atoms with E-state index in [0.717, 1.165) is 0 Å². The number of carbonyl (C=O) groups is 2. The summed E-state index contributed by atoms with van der Waals surface area (Å²) in [7, 11) is 1.33. The molecule has 0 radical (unpaired) electrons. The Bertz CT molecular complexity index is 1050. The number of amides is 1. The van der Waals surface area contributed by atoms with Crippen molar-refractivity contribution in [1.29, 1.82) is 0 Å². The number of anilines is 1. The highest BCUT2D eigenvalue weighted by molar-refractivity contribution is 7.17. The molecule has 13 heteroatoms. The number of thiazole rings is 1. The smallest absolute Gasteiger partial charge is 0.349 e. The zero-order valence-corrected chi connectivity index (χ0v) is 21.3. The van der Waals surface area contributed by atoms with E-state index in [-0.39, 0.29) is 16.8 Å². The Balaban J connectivity index is 1.55.